The minimum absolute atomic E-state index is 0. The molecule has 2 heterocycles. The first kappa shape index (κ1) is 23.8. The maximum atomic E-state index is 5.94. The number of rotatable bonds is 8. The fourth-order valence-electron chi connectivity index (χ4n) is 3.59. The Morgan fingerprint density at radius 3 is 2.79 bits per heavy atom. The van der Waals surface area contributed by atoms with Crippen molar-refractivity contribution < 1.29 is 9.47 Å². The van der Waals surface area contributed by atoms with Crippen LogP contribution in [0.1, 0.15) is 25.7 Å². The molecule has 2 aliphatic heterocycles. The maximum Gasteiger partial charge on any atom is 0.193 e. The number of guanidine groups is 1. The second kappa shape index (κ2) is 13.7. The van der Waals surface area contributed by atoms with Gasteiger partial charge < -0.3 is 19.7 Å². The number of hydrogen-bond acceptors (Lipinski definition) is 4. The average Bonchev–Trinajstić information content (AvgIpc) is 3.19. The van der Waals surface area contributed by atoms with Crippen LogP contribution in [0.4, 0.5) is 0 Å². The SMILES string of the molecule is CN=C(NCCCOC1CCOCC1)N1CCC(CSc2ccccc2)C1.I. The molecule has 1 unspecified atom stereocenters. The second-order valence-electron chi connectivity index (χ2n) is 7.23. The number of nitrogens with zero attached hydrogens (tertiary/aromatic N) is 2. The van der Waals surface area contributed by atoms with Crippen LogP contribution in [0.15, 0.2) is 40.2 Å². The molecular formula is C21H34IN3O2S. The van der Waals surface area contributed by atoms with E-state index in [1.165, 1.54) is 17.1 Å². The molecule has 0 spiro atoms. The van der Waals surface area contributed by atoms with Crippen molar-refractivity contribution in [3.8, 4) is 0 Å². The van der Waals surface area contributed by atoms with Gasteiger partial charge in [0, 0.05) is 57.2 Å². The Kier molecular flexibility index (Phi) is 11.6. The van der Waals surface area contributed by atoms with Crippen molar-refractivity contribution in [3.63, 3.8) is 0 Å². The molecule has 0 aromatic heterocycles. The summed E-state index contributed by atoms with van der Waals surface area (Å²) in [6, 6.07) is 10.7. The molecule has 1 N–H and O–H groups in total. The molecule has 0 radical (unpaired) electrons. The fraction of sp³-hybridized carbons (Fsp3) is 0.667. The molecule has 0 bridgehead atoms. The van der Waals surface area contributed by atoms with Crippen molar-refractivity contribution in [2.45, 2.75) is 36.7 Å². The van der Waals surface area contributed by atoms with Gasteiger partial charge >= 0.3 is 0 Å². The van der Waals surface area contributed by atoms with Crippen LogP contribution in [0.5, 0.6) is 0 Å². The minimum atomic E-state index is 0. The highest BCUT2D eigenvalue weighted by Crippen LogP contribution is 2.25. The van der Waals surface area contributed by atoms with Gasteiger partial charge in [0.25, 0.3) is 0 Å². The van der Waals surface area contributed by atoms with E-state index in [4.69, 9.17) is 9.47 Å². The Balaban J connectivity index is 0.00000280. The smallest absolute Gasteiger partial charge is 0.193 e. The fourth-order valence-corrected chi connectivity index (χ4v) is 4.64. The number of likely N-dealkylation sites (tertiary alicyclic amines) is 1. The van der Waals surface area contributed by atoms with E-state index in [1.807, 2.05) is 18.8 Å². The topological polar surface area (TPSA) is 46.1 Å². The van der Waals surface area contributed by atoms with Crippen LogP contribution >= 0.6 is 35.7 Å². The van der Waals surface area contributed by atoms with Crippen LogP contribution in [0.3, 0.4) is 0 Å². The summed E-state index contributed by atoms with van der Waals surface area (Å²) in [5.41, 5.74) is 0. The molecular weight excluding hydrogens is 485 g/mol. The predicted octanol–water partition coefficient (Wildman–Crippen LogP) is 3.88. The standard InChI is InChI=1S/C21H33N3O2S.HI/c1-22-21(23-11-5-13-26-19-9-14-25-15-10-19)24-12-8-18(16-24)17-27-20-6-3-2-4-7-20;/h2-4,6-7,18-19H,5,8-17H2,1H3,(H,22,23);1H. The van der Waals surface area contributed by atoms with Crippen molar-refractivity contribution in [2.24, 2.45) is 10.9 Å². The zero-order chi connectivity index (χ0) is 18.7. The number of halogens is 1. The highest BCUT2D eigenvalue weighted by molar-refractivity contribution is 14.0. The summed E-state index contributed by atoms with van der Waals surface area (Å²) in [5.74, 6) is 2.94. The first-order chi connectivity index (χ1) is 13.3. The molecule has 158 valence electrons. The van der Waals surface area contributed by atoms with Crippen LogP contribution < -0.4 is 5.32 Å². The third kappa shape index (κ3) is 8.08. The Labute approximate surface area is 191 Å². The van der Waals surface area contributed by atoms with Crippen LogP contribution in [-0.4, -0.2) is 69.2 Å². The van der Waals surface area contributed by atoms with Crippen molar-refractivity contribution >= 4 is 41.7 Å². The van der Waals surface area contributed by atoms with Gasteiger partial charge in [-0.25, -0.2) is 0 Å². The van der Waals surface area contributed by atoms with E-state index in [1.54, 1.807) is 0 Å². The maximum absolute atomic E-state index is 5.94. The normalized spacial score (nSPS) is 20.8. The molecule has 5 nitrogen and oxygen atoms in total. The van der Waals surface area contributed by atoms with Crippen LogP contribution in [0.25, 0.3) is 0 Å². The number of benzene rings is 1. The van der Waals surface area contributed by atoms with Gasteiger partial charge in [0.05, 0.1) is 6.10 Å². The Bertz CT molecular complexity index is 570. The van der Waals surface area contributed by atoms with E-state index < -0.39 is 0 Å². The van der Waals surface area contributed by atoms with Gasteiger partial charge in [0.2, 0.25) is 0 Å². The van der Waals surface area contributed by atoms with Gasteiger partial charge in [-0.2, -0.15) is 0 Å². The van der Waals surface area contributed by atoms with E-state index in [0.717, 1.165) is 70.6 Å². The monoisotopic (exact) mass is 519 g/mol. The summed E-state index contributed by atoms with van der Waals surface area (Å²) < 4.78 is 11.3. The molecule has 1 aromatic rings. The number of aliphatic imine (C=N–C) groups is 1. The number of thioether (sulfide) groups is 1. The zero-order valence-electron chi connectivity index (χ0n) is 16.8. The zero-order valence-corrected chi connectivity index (χ0v) is 20.0. The largest absolute Gasteiger partial charge is 0.381 e. The molecule has 0 saturated carbocycles. The first-order valence-electron chi connectivity index (χ1n) is 10.2. The molecule has 2 fully saturated rings. The molecule has 7 heteroatoms. The lowest BCUT2D eigenvalue weighted by atomic mass is 10.1. The summed E-state index contributed by atoms with van der Waals surface area (Å²) >= 11 is 1.96. The summed E-state index contributed by atoms with van der Waals surface area (Å²) in [6.45, 7) is 5.60. The van der Waals surface area contributed by atoms with Gasteiger partial charge in [-0.15, -0.1) is 35.7 Å². The number of hydrogen-bond donors (Lipinski definition) is 1. The van der Waals surface area contributed by atoms with E-state index in [0.29, 0.717) is 6.10 Å². The predicted molar refractivity (Wildman–Crippen MR) is 128 cm³/mol. The highest BCUT2D eigenvalue weighted by Gasteiger charge is 2.24. The van der Waals surface area contributed by atoms with Gasteiger partial charge in [-0.1, -0.05) is 18.2 Å². The molecule has 1 aromatic carbocycles. The van der Waals surface area contributed by atoms with E-state index in [-0.39, 0.29) is 24.0 Å². The molecule has 0 aliphatic carbocycles. The lowest BCUT2D eigenvalue weighted by Gasteiger charge is -2.23. The van der Waals surface area contributed by atoms with Gasteiger partial charge in [0.1, 0.15) is 0 Å². The molecule has 3 rings (SSSR count). The summed E-state index contributed by atoms with van der Waals surface area (Å²) in [6.07, 6.45) is 4.71. The van der Waals surface area contributed by atoms with Crippen molar-refractivity contribution in [3.05, 3.63) is 30.3 Å². The third-order valence-corrected chi connectivity index (χ3v) is 6.40. The molecule has 28 heavy (non-hydrogen) atoms. The molecule has 2 saturated heterocycles. The number of ether oxygens (including phenoxy) is 2. The number of nitrogens with one attached hydrogen (secondary N) is 1. The van der Waals surface area contributed by atoms with Crippen molar-refractivity contribution in [2.75, 3.05) is 52.3 Å². The average molecular weight is 519 g/mol. The van der Waals surface area contributed by atoms with Crippen molar-refractivity contribution in [1.29, 1.82) is 0 Å². The second-order valence-corrected chi connectivity index (χ2v) is 8.33. The quantitative estimate of drug-likeness (QED) is 0.186. The Morgan fingerprint density at radius 1 is 1.25 bits per heavy atom. The van der Waals surface area contributed by atoms with Crippen LogP contribution in [0.2, 0.25) is 0 Å². The summed E-state index contributed by atoms with van der Waals surface area (Å²) in [7, 11) is 1.88. The lowest BCUT2D eigenvalue weighted by Crippen LogP contribution is -2.40. The van der Waals surface area contributed by atoms with Gasteiger partial charge in [-0.3, -0.25) is 4.99 Å². The summed E-state index contributed by atoms with van der Waals surface area (Å²) in [5, 5.41) is 3.51. The van der Waals surface area contributed by atoms with E-state index in [2.05, 4.69) is 45.5 Å². The third-order valence-electron chi connectivity index (χ3n) is 5.15. The minimum Gasteiger partial charge on any atom is -0.381 e. The van der Waals surface area contributed by atoms with Gasteiger partial charge in [0.15, 0.2) is 5.96 Å². The van der Waals surface area contributed by atoms with E-state index in [9.17, 15) is 0 Å². The molecule has 2 aliphatic rings. The van der Waals surface area contributed by atoms with Crippen molar-refractivity contribution in [1.82, 2.24) is 10.2 Å². The lowest BCUT2D eigenvalue weighted by molar-refractivity contribution is -0.0320. The molecule has 1 atom stereocenters. The van der Waals surface area contributed by atoms with Gasteiger partial charge in [-0.05, 0) is 43.7 Å². The van der Waals surface area contributed by atoms with E-state index >= 15 is 0 Å². The summed E-state index contributed by atoms with van der Waals surface area (Å²) in [4.78, 5) is 8.24. The highest BCUT2D eigenvalue weighted by atomic mass is 127. The Morgan fingerprint density at radius 2 is 2.04 bits per heavy atom. The van der Waals surface area contributed by atoms with Crippen LogP contribution in [0, 0.1) is 5.92 Å². The van der Waals surface area contributed by atoms with Crippen LogP contribution in [-0.2, 0) is 9.47 Å². The molecule has 0 amide bonds. The first-order valence-corrected chi connectivity index (χ1v) is 11.2. The Hall–Kier alpha value is -0.510.